The lowest BCUT2D eigenvalue weighted by Crippen LogP contribution is -2.16. The minimum absolute atomic E-state index is 0.000579. The van der Waals surface area contributed by atoms with Crippen LogP contribution in [-0.2, 0) is 0 Å². The predicted molar refractivity (Wildman–Crippen MR) is 80.9 cm³/mol. The first-order valence-corrected chi connectivity index (χ1v) is 7.00. The third-order valence-corrected chi connectivity index (χ3v) is 4.61. The van der Waals surface area contributed by atoms with Gasteiger partial charge in [-0.1, -0.05) is 47.6 Å². The molecule has 0 aliphatic heterocycles. The Hall–Kier alpha value is -1.46. The molecule has 0 amide bonds. The van der Waals surface area contributed by atoms with Gasteiger partial charge in [-0.25, -0.2) is 0 Å². The lowest BCUT2D eigenvalue weighted by Gasteiger charge is -2.07. The zero-order valence-electron chi connectivity index (χ0n) is 9.68. The summed E-state index contributed by atoms with van der Waals surface area (Å²) >= 11 is 6.73. The Bertz CT molecular complexity index is 639. The van der Waals surface area contributed by atoms with Crippen LogP contribution in [0.4, 0.5) is 0 Å². The Kier molecular flexibility index (Phi) is 4.50. The molecule has 0 bridgehead atoms. The smallest absolute Gasteiger partial charge is 0.215 e. The molecule has 0 saturated heterocycles. The number of hydrogen-bond acceptors (Lipinski definition) is 3. The summed E-state index contributed by atoms with van der Waals surface area (Å²) in [4.78, 5) is 12.3. The highest BCUT2D eigenvalue weighted by Crippen LogP contribution is 2.27. The Labute approximate surface area is 127 Å². The highest BCUT2D eigenvalue weighted by molar-refractivity contribution is 9.13. The highest BCUT2D eigenvalue weighted by Gasteiger charge is 2.19. The third kappa shape index (κ3) is 2.93. The fourth-order valence-electron chi connectivity index (χ4n) is 1.63. The second kappa shape index (κ2) is 6.12. The van der Waals surface area contributed by atoms with Crippen molar-refractivity contribution in [3.05, 3.63) is 68.6 Å². The van der Waals surface area contributed by atoms with Crippen LogP contribution in [0.5, 0.6) is 0 Å². The summed E-state index contributed by atoms with van der Waals surface area (Å²) in [5, 5.41) is 12.3. The van der Waals surface area contributed by atoms with Crippen LogP contribution < -0.4 is 0 Å². The van der Waals surface area contributed by atoms with E-state index in [2.05, 4.69) is 37.0 Å². The summed E-state index contributed by atoms with van der Waals surface area (Å²) in [5.74, 6) is -0.332. The standard InChI is InChI=1S/C14H9Br2NO2/c15-11-8-4-7-10(12(11)16)13(17-19)14(18)9-5-2-1-3-6-9/h1-8,19H. The van der Waals surface area contributed by atoms with Crippen molar-refractivity contribution in [3.63, 3.8) is 0 Å². The van der Waals surface area contributed by atoms with Gasteiger partial charge in [0.15, 0.2) is 5.71 Å². The molecule has 0 atom stereocenters. The number of ketones is 1. The van der Waals surface area contributed by atoms with Crippen LogP contribution in [0.2, 0.25) is 0 Å². The summed E-state index contributed by atoms with van der Waals surface area (Å²) in [7, 11) is 0. The zero-order chi connectivity index (χ0) is 13.8. The molecule has 0 radical (unpaired) electrons. The minimum Gasteiger partial charge on any atom is -0.410 e. The highest BCUT2D eigenvalue weighted by atomic mass is 79.9. The van der Waals surface area contributed by atoms with Crippen molar-refractivity contribution in [1.82, 2.24) is 0 Å². The Morgan fingerprint density at radius 2 is 1.68 bits per heavy atom. The number of nitrogens with zero attached hydrogens (tertiary/aromatic N) is 1. The number of Topliss-reactive ketones (excluding diaryl/α,β-unsaturated/α-hetero) is 1. The maximum absolute atomic E-state index is 12.3. The molecule has 3 nitrogen and oxygen atoms in total. The Balaban J connectivity index is 2.47. The number of halogens is 2. The molecule has 0 saturated carbocycles. The zero-order valence-corrected chi connectivity index (χ0v) is 12.8. The van der Waals surface area contributed by atoms with E-state index in [1.807, 2.05) is 12.1 Å². The van der Waals surface area contributed by atoms with Gasteiger partial charge in [-0.15, -0.1) is 0 Å². The van der Waals surface area contributed by atoms with Crippen molar-refractivity contribution < 1.29 is 10.0 Å². The van der Waals surface area contributed by atoms with Crippen molar-refractivity contribution in [2.75, 3.05) is 0 Å². The first kappa shape index (κ1) is 14.0. The molecule has 2 aromatic rings. The van der Waals surface area contributed by atoms with Crippen LogP contribution in [0.15, 0.2) is 62.6 Å². The van der Waals surface area contributed by atoms with E-state index >= 15 is 0 Å². The lowest BCUT2D eigenvalue weighted by molar-refractivity contribution is 0.106. The van der Waals surface area contributed by atoms with Crippen LogP contribution in [0.25, 0.3) is 0 Å². The monoisotopic (exact) mass is 381 g/mol. The quantitative estimate of drug-likeness (QED) is 0.373. The van der Waals surface area contributed by atoms with Crippen LogP contribution >= 0.6 is 31.9 Å². The minimum atomic E-state index is -0.332. The maximum Gasteiger partial charge on any atom is 0.215 e. The number of oxime groups is 1. The largest absolute Gasteiger partial charge is 0.410 e. The van der Waals surface area contributed by atoms with Gasteiger partial charge < -0.3 is 5.21 Å². The van der Waals surface area contributed by atoms with E-state index in [0.717, 1.165) is 4.47 Å². The number of rotatable bonds is 3. The van der Waals surface area contributed by atoms with Gasteiger partial charge in [0.2, 0.25) is 5.78 Å². The first-order chi connectivity index (χ1) is 9.15. The normalized spacial score (nSPS) is 11.4. The first-order valence-electron chi connectivity index (χ1n) is 5.41. The summed E-state index contributed by atoms with van der Waals surface area (Å²) in [6, 6.07) is 14.0. The third-order valence-electron chi connectivity index (χ3n) is 2.56. The van der Waals surface area contributed by atoms with E-state index in [0.29, 0.717) is 15.6 Å². The van der Waals surface area contributed by atoms with E-state index in [1.165, 1.54) is 0 Å². The summed E-state index contributed by atoms with van der Waals surface area (Å²) in [5.41, 5.74) is 1.01. The molecular formula is C14H9Br2NO2. The van der Waals surface area contributed by atoms with Crippen LogP contribution in [-0.4, -0.2) is 16.7 Å². The summed E-state index contributed by atoms with van der Waals surface area (Å²) < 4.78 is 1.46. The molecule has 1 N–H and O–H groups in total. The average Bonchev–Trinajstić information content (AvgIpc) is 2.45. The topological polar surface area (TPSA) is 49.7 Å². The predicted octanol–water partition coefficient (Wildman–Crippen LogP) is 4.27. The van der Waals surface area contributed by atoms with E-state index < -0.39 is 0 Å². The molecule has 0 unspecified atom stereocenters. The SMILES string of the molecule is O=C(C(=NO)c1cccc(Br)c1Br)c1ccccc1. The van der Waals surface area contributed by atoms with Crippen molar-refractivity contribution in [2.45, 2.75) is 0 Å². The molecule has 0 heterocycles. The number of carbonyl (C=O) groups excluding carboxylic acids is 1. The van der Waals surface area contributed by atoms with E-state index in [9.17, 15) is 4.79 Å². The summed E-state index contributed by atoms with van der Waals surface area (Å²) in [6.45, 7) is 0. The van der Waals surface area contributed by atoms with Crippen LogP contribution in [0.3, 0.4) is 0 Å². The van der Waals surface area contributed by atoms with Gasteiger partial charge in [0, 0.05) is 20.1 Å². The van der Waals surface area contributed by atoms with Gasteiger partial charge in [0.05, 0.1) is 0 Å². The molecule has 0 aromatic heterocycles. The van der Waals surface area contributed by atoms with Gasteiger partial charge in [0.1, 0.15) is 0 Å². The van der Waals surface area contributed by atoms with Gasteiger partial charge in [0.25, 0.3) is 0 Å². The number of hydrogen-bond donors (Lipinski definition) is 1. The molecule has 96 valence electrons. The average molecular weight is 383 g/mol. The molecule has 0 aliphatic carbocycles. The maximum atomic E-state index is 12.3. The lowest BCUT2D eigenvalue weighted by atomic mass is 10.0. The molecule has 2 aromatic carbocycles. The van der Waals surface area contributed by atoms with Crippen molar-refractivity contribution in [1.29, 1.82) is 0 Å². The summed E-state index contributed by atoms with van der Waals surface area (Å²) in [6.07, 6.45) is 0. The van der Waals surface area contributed by atoms with Crippen LogP contribution in [0, 0.1) is 0 Å². The molecular weight excluding hydrogens is 374 g/mol. The Morgan fingerprint density at radius 1 is 1.00 bits per heavy atom. The molecule has 0 spiro atoms. The molecule has 5 heteroatoms. The fourth-order valence-corrected chi connectivity index (χ4v) is 2.45. The molecule has 2 rings (SSSR count). The second-order valence-electron chi connectivity index (χ2n) is 3.75. The number of benzene rings is 2. The van der Waals surface area contributed by atoms with Crippen molar-refractivity contribution in [2.24, 2.45) is 5.16 Å². The molecule has 0 fully saturated rings. The van der Waals surface area contributed by atoms with Crippen molar-refractivity contribution in [3.8, 4) is 0 Å². The van der Waals surface area contributed by atoms with Gasteiger partial charge in [-0.2, -0.15) is 0 Å². The van der Waals surface area contributed by atoms with Gasteiger partial charge >= 0.3 is 0 Å². The van der Waals surface area contributed by atoms with E-state index in [1.54, 1.807) is 36.4 Å². The molecule has 0 aliphatic rings. The fraction of sp³-hybridized carbons (Fsp3) is 0. The van der Waals surface area contributed by atoms with Crippen molar-refractivity contribution >= 4 is 43.4 Å². The van der Waals surface area contributed by atoms with Crippen LogP contribution in [0.1, 0.15) is 15.9 Å². The van der Waals surface area contributed by atoms with Gasteiger partial charge in [-0.3, -0.25) is 4.79 Å². The second-order valence-corrected chi connectivity index (χ2v) is 5.39. The number of carbonyl (C=O) groups is 1. The van der Waals surface area contributed by atoms with Gasteiger partial charge in [-0.05, 0) is 37.9 Å². The van der Waals surface area contributed by atoms with E-state index in [-0.39, 0.29) is 11.5 Å². The Morgan fingerprint density at radius 3 is 2.32 bits per heavy atom. The molecule has 19 heavy (non-hydrogen) atoms. The van der Waals surface area contributed by atoms with E-state index in [4.69, 9.17) is 5.21 Å².